The van der Waals surface area contributed by atoms with Gasteiger partial charge in [0.05, 0.1) is 36.9 Å². The van der Waals surface area contributed by atoms with Gasteiger partial charge in [0, 0.05) is 42.1 Å². The number of aryl methyl sites for hydroxylation is 4. The first kappa shape index (κ1) is 37.4. The Balaban J connectivity index is 0.000000106. The molecule has 55 heavy (non-hydrogen) atoms. The molecule has 0 bridgehead atoms. The SMILES string of the molecule is CC1=[N+](C)c2ccccc2C1.Cc1cc2ccccc2[nH]1.Cc1nc2ccc3ccccc3c2s1.Cc1nc2ccccc2o1.Cc1nc2ccccc2s1. The van der Waals surface area contributed by atoms with Crippen molar-refractivity contribution in [1.82, 2.24) is 19.9 Å². The number of H-pyrrole nitrogens is 1. The molecule has 5 heterocycles. The summed E-state index contributed by atoms with van der Waals surface area (Å²) in [6.07, 6.45) is 1.12. The van der Waals surface area contributed by atoms with E-state index in [2.05, 4.69) is 143 Å². The zero-order chi connectivity index (χ0) is 38.3. The highest BCUT2D eigenvalue weighted by molar-refractivity contribution is 7.19. The van der Waals surface area contributed by atoms with Gasteiger partial charge in [0.15, 0.2) is 17.2 Å². The van der Waals surface area contributed by atoms with E-state index in [0.717, 1.165) is 44.5 Å². The summed E-state index contributed by atoms with van der Waals surface area (Å²) in [5.74, 6) is 0.723. The highest BCUT2D eigenvalue weighted by Crippen LogP contribution is 2.30. The van der Waals surface area contributed by atoms with Crippen LogP contribution in [0.3, 0.4) is 0 Å². The molecule has 8 heteroatoms. The van der Waals surface area contributed by atoms with Crippen molar-refractivity contribution in [3.8, 4) is 0 Å². The predicted molar refractivity (Wildman–Crippen MR) is 235 cm³/mol. The third-order valence-corrected chi connectivity index (χ3v) is 11.2. The molecule has 1 aliphatic heterocycles. The molecule has 6 nitrogen and oxygen atoms in total. The van der Waals surface area contributed by atoms with E-state index >= 15 is 0 Å². The molecule has 6 aromatic carbocycles. The minimum absolute atomic E-state index is 0.723. The summed E-state index contributed by atoms with van der Waals surface area (Å²) in [6, 6.07) is 47.6. The first-order chi connectivity index (χ1) is 26.7. The molecule has 0 unspecified atom stereocenters. The van der Waals surface area contributed by atoms with Gasteiger partial charge in [-0.05, 0) is 74.0 Å². The van der Waals surface area contributed by atoms with Gasteiger partial charge in [0.2, 0.25) is 5.69 Å². The number of oxazole rings is 1. The van der Waals surface area contributed by atoms with Crippen LogP contribution in [0, 0.1) is 27.7 Å². The minimum Gasteiger partial charge on any atom is -0.441 e. The lowest BCUT2D eigenvalue weighted by molar-refractivity contribution is -0.402. The summed E-state index contributed by atoms with van der Waals surface area (Å²) in [7, 11) is 2.13. The zero-order valence-corrected chi connectivity index (χ0v) is 33.6. The van der Waals surface area contributed by atoms with Crippen molar-refractivity contribution < 1.29 is 8.99 Å². The van der Waals surface area contributed by atoms with Crippen molar-refractivity contribution in [3.05, 3.63) is 167 Å². The van der Waals surface area contributed by atoms with Crippen LogP contribution in [0.2, 0.25) is 0 Å². The number of nitrogens with one attached hydrogen (secondary N) is 1. The molecule has 0 aliphatic carbocycles. The van der Waals surface area contributed by atoms with E-state index in [1.54, 1.807) is 22.7 Å². The van der Waals surface area contributed by atoms with Crippen molar-refractivity contribution in [1.29, 1.82) is 0 Å². The Morgan fingerprint density at radius 1 is 0.600 bits per heavy atom. The molecule has 0 spiro atoms. The van der Waals surface area contributed by atoms with Gasteiger partial charge in [-0.15, -0.1) is 22.7 Å². The molecule has 11 rings (SSSR count). The van der Waals surface area contributed by atoms with Crippen molar-refractivity contribution in [3.63, 3.8) is 0 Å². The van der Waals surface area contributed by atoms with Gasteiger partial charge in [0.25, 0.3) is 0 Å². The number of aromatic amines is 1. The molecule has 274 valence electrons. The quantitative estimate of drug-likeness (QED) is 0.156. The lowest BCUT2D eigenvalue weighted by Gasteiger charge is -1.96. The van der Waals surface area contributed by atoms with Crippen LogP contribution in [-0.4, -0.2) is 37.3 Å². The molecule has 0 radical (unpaired) electrons. The van der Waals surface area contributed by atoms with Crippen molar-refractivity contribution >= 4 is 87.3 Å². The highest BCUT2D eigenvalue weighted by Gasteiger charge is 2.22. The lowest BCUT2D eigenvalue weighted by atomic mass is 10.1. The second-order valence-corrected chi connectivity index (χ2v) is 15.8. The average Bonchev–Trinajstić information content (AvgIpc) is 4.01. The van der Waals surface area contributed by atoms with E-state index < -0.39 is 0 Å². The Morgan fingerprint density at radius 2 is 1.25 bits per heavy atom. The third kappa shape index (κ3) is 9.06. The minimum atomic E-state index is 0.723. The molecule has 1 aliphatic rings. The molecular weight excluding hydrogens is 715 g/mol. The second kappa shape index (κ2) is 17.0. The molecule has 0 amide bonds. The van der Waals surface area contributed by atoms with Crippen LogP contribution < -0.4 is 0 Å². The van der Waals surface area contributed by atoms with Gasteiger partial charge in [-0.1, -0.05) is 91.0 Å². The maximum atomic E-state index is 5.26. The molecule has 4 aromatic heterocycles. The van der Waals surface area contributed by atoms with Crippen LogP contribution in [0.15, 0.2) is 144 Å². The fraction of sp³-hybridized carbons (Fsp3) is 0.149. The van der Waals surface area contributed by atoms with Crippen LogP contribution in [0.4, 0.5) is 5.69 Å². The van der Waals surface area contributed by atoms with Crippen LogP contribution in [0.5, 0.6) is 0 Å². The number of rotatable bonds is 0. The third-order valence-electron chi connectivity index (χ3n) is 9.22. The molecular formula is C47H44N5OS2+. The summed E-state index contributed by atoms with van der Waals surface area (Å²) in [6.45, 7) is 10.2. The number of thiazole rings is 2. The zero-order valence-electron chi connectivity index (χ0n) is 32.0. The van der Waals surface area contributed by atoms with Gasteiger partial charge in [-0.25, -0.2) is 19.5 Å². The maximum Gasteiger partial charge on any atom is 0.208 e. The fourth-order valence-electron chi connectivity index (χ4n) is 6.55. The van der Waals surface area contributed by atoms with Crippen molar-refractivity contribution in [2.75, 3.05) is 7.05 Å². The number of benzene rings is 6. The van der Waals surface area contributed by atoms with Crippen molar-refractivity contribution in [2.45, 2.75) is 41.0 Å². The van der Waals surface area contributed by atoms with Crippen LogP contribution in [-0.2, 0) is 6.42 Å². The number of aromatic nitrogens is 4. The van der Waals surface area contributed by atoms with Crippen LogP contribution in [0.1, 0.15) is 34.1 Å². The Bertz CT molecular complexity index is 2620. The van der Waals surface area contributed by atoms with Gasteiger partial charge in [-0.2, -0.15) is 0 Å². The average molecular weight is 759 g/mol. The normalized spacial score (nSPS) is 11.7. The highest BCUT2D eigenvalue weighted by atomic mass is 32.1. The Labute approximate surface area is 329 Å². The van der Waals surface area contributed by atoms with Crippen molar-refractivity contribution in [2.24, 2.45) is 0 Å². The number of para-hydroxylation sites is 5. The Hall–Kier alpha value is -5.96. The first-order valence-electron chi connectivity index (χ1n) is 18.3. The van der Waals surface area contributed by atoms with E-state index in [-0.39, 0.29) is 0 Å². The van der Waals surface area contributed by atoms with E-state index in [1.807, 2.05) is 62.4 Å². The molecule has 0 saturated heterocycles. The molecule has 0 atom stereocenters. The van der Waals surface area contributed by atoms with E-state index in [0.29, 0.717) is 0 Å². The fourth-order valence-corrected chi connectivity index (χ4v) is 8.33. The van der Waals surface area contributed by atoms with Gasteiger partial charge < -0.3 is 9.40 Å². The molecule has 1 N–H and O–H groups in total. The summed E-state index contributed by atoms with van der Waals surface area (Å²) in [4.78, 5) is 16.2. The van der Waals surface area contributed by atoms with Crippen LogP contribution in [0.25, 0.3) is 53.2 Å². The van der Waals surface area contributed by atoms with E-state index in [1.165, 1.54) is 53.7 Å². The molecule has 0 fully saturated rings. The van der Waals surface area contributed by atoms with Gasteiger partial charge in [0.1, 0.15) is 12.6 Å². The van der Waals surface area contributed by atoms with E-state index in [4.69, 9.17) is 4.42 Å². The number of hydrogen-bond acceptors (Lipinski definition) is 6. The monoisotopic (exact) mass is 758 g/mol. The number of hydrogen-bond donors (Lipinski definition) is 1. The van der Waals surface area contributed by atoms with Gasteiger partial charge >= 0.3 is 0 Å². The van der Waals surface area contributed by atoms with Gasteiger partial charge in [-0.3, -0.25) is 0 Å². The molecule has 10 aromatic rings. The summed E-state index contributed by atoms with van der Waals surface area (Å²) < 4.78 is 10.1. The Morgan fingerprint density at radius 3 is 2.04 bits per heavy atom. The van der Waals surface area contributed by atoms with Crippen LogP contribution >= 0.6 is 22.7 Å². The summed E-state index contributed by atoms with van der Waals surface area (Å²) >= 11 is 3.51. The molecule has 0 saturated carbocycles. The predicted octanol–water partition coefficient (Wildman–Crippen LogP) is 13.0. The van der Waals surface area contributed by atoms with E-state index in [9.17, 15) is 0 Å². The smallest absolute Gasteiger partial charge is 0.208 e. The first-order valence-corrected chi connectivity index (χ1v) is 19.9. The standard InChI is InChI=1S/C12H9NS.C10H12N.C9H9N.C8H7NO.C8H7NS/c1-8-13-11-7-6-9-4-2-3-5-10(9)12(11)14-8;1-8-7-9-5-3-4-6-10(9)11(8)2;1-7-6-8-4-2-3-5-9(8)10-7;2*1-6-9-7-4-2-3-5-8(7)10-6/h2-7H,1H3;3-6H,7H2,1-2H3;2-6,10H,1H3;2*2-5H,1H3/q;+1;;;. The largest absolute Gasteiger partial charge is 0.441 e. The number of fused-ring (bicyclic) bond motifs is 7. The Kier molecular flexibility index (Phi) is 11.6. The lowest BCUT2D eigenvalue weighted by Crippen LogP contribution is -2.02. The number of nitrogens with zero attached hydrogens (tertiary/aromatic N) is 4. The maximum absolute atomic E-state index is 5.26. The summed E-state index contributed by atoms with van der Waals surface area (Å²) in [5, 5.41) is 6.18. The topological polar surface area (TPSA) is 70.6 Å². The second-order valence-electron chi connectivity index (χ2n) is 13.4. The summed E-state index contributed by atoms with van der Waals surface area (Å²) in [5.41, 5.74) is 10.7.